The Morgan fingerprint density at radius 1 is 1.21 bits per heavy atom. The van der Waals surface area contributed by atoms with E-state index in [-0.39, 0.29) is 5.82 Å². The third kappa shape index (κ3) is 1.85. The van der Waals surface area contributed by atoms with Gasteiger partial charge in [-0.3, -0.25) is 0 Å². The predicted octanol–water partition coefficient (Wildman–Crippen LogP) is 2.95. The summed E-state index contributed by atoms with van der Waals surface area (Å²) in [6, 6.07) is 7.94. The van der Waals surface area contributed by atoms with Crippen molar-refractivity contribution in [2.45, 2.75) is 0 Å². The maximum absolute atomic E-state index is 12.6. The Hall–Kier alpha value is -1.55. The Morgan fingerprint density at radius 3 is 2.57 bits per heavy atom. The largest absolute Gasteiger partial charge is 0.346 e. The van der Waals surface area contributed by atoms with E-state index >= 15 is 0 Å². The average Bonchev–Trinajstić information content (AvgIpc) is 2.19. The molecule has 1 N–H and O–H groups in total. The summed E-state index contributed by atoms with van der Waals surface area (Å²) in [4.78, 5) is 6.81. The molecule has 2 nitrogen and oxygen atoms in total. The number of nitrogens with one attached hydrogen (secondary N) is 1. The highest BCUT2D eigenvalue weighted by Gasteiger charge is 1.97. The van der Waals surface area contributed by atoms with Crippen molar-refractivity contribution in [1.29, 1.82) is 0 Å². The van der Waals surface area contributed by atoms with Gasteiger partial charge in [0.05, 0.1) is 6.33 Å². The summed E-state index contributed by atoms with van der Waals surface area (Å²) in [5.41, 5.74) is 1.73. The summed E-state index contributed by atoms with van der Waals surface area (Å²) in [6.45, 7) is 0. The zero-order valence-electron chi connectivity index (χ0n) is 7.20. The minimum atomic E-state index is -0.249. The summed E-state index contributed by atoms with van der Waals surface area (Å²) in [5, 5.41) is 0. The Kier molecular flexibility index (Phi) is 2.37. The minimum Gasteiger partial charge on any atom is -0.346 e. The highest BCUT2D eigenvalue weighted by molar-refractivity contribution is 7.71. The Bertz CT molecular complexity index is 490. The fourth-order valence-electron chi connectivity index (χ4n) is 1.16. The van der Waals surface area contributed by atoms with Gasteiger partial charge in [0, 0.05) is 5.69 Å². The second kappa shape index (κ2) is 3.67. The average molecular weight is 206 g/mol. The van der Waals surface area contributed by atoms with Crippen molar-refractivity contribution in [3.8, 4) is 11.3 Å². The Labute approximate surface area is 85.5 Å². The number of aromatic amines is 1. The van der Waals surface area contributed by atoms with E-state index in [1.54, 1.807) is 18.2 Å². The van der Waals surface area contributed by atoms with E-state index in [4.69, 9.17) is 12.2 Å². The molecular weight excluding hydrogens is 199 g/mol. The molecule has 0 amide bonds. The topological polar surface area (TPSA) is 28.7 Å². The quantitative estimate of drug-likeness (QED) is 0.727. The fourth-order valence-corrected chi connectivity index (χ4v) is 1.33. The number of benzene rings is 1. The van der Waals surface area contributed by atoms with Gasteiger partial charge in [0.15, 0.2) is 0 Å². The number of halogens is 1. The van der Waals surface area contributed by atoms with Gasteiger partial charge in [0.1, 0.15) is 10.5 Å². The Balaban J connectivity index is 2.50. The monoisotopic (exact) mass is 206 g/mol. The zero-order chi connectivity index (χ0) is 9.97. The maximum Gasteiger partial charge on any atom is 0.130 e. The summed E-state index contributed by atoms with van der Waals surface area (Å²) >= 11 is 4.92. The highest BCUT2D eigenvalue weighted by Crippen LogP contribution is 2.15. The lowest BCUT2D eigenvalue weighted by molar-refractivity contribution is 0.628. The molecule has 0 radical (unpaired) electrons. The molecule has 0 fully saturated rings. The third-order valence-electron chi connectivity index (χ3n) is 1.83. The molecule has 0 spiro atoms. The smallest absolute Gasteiger partial charge is 0.130 e. The van der Waals surface area contributed by atoms with E-state index in [9.17, 15) is 4.39 Å². The zero-order valence-corrected chi connectivity index (χ0v) is 8.01. The molecule has 0 aliphatic carbocycles. The number of hydrogen-bond donors (Lipinski definition) is 1. The van der Waals surface area contributed by atoms with Crippen LogP contribution in [0.4, 0.5) is 4.39 Å². The number of rotatable bonds is 1. The van der Waals surface area contributed by atoms with Crippen molar-refractivity contribution >= 4 is 12.2 Å². The number of nitrogens with zero attached hydrogens (tertiary/aromatic N) is 1. The van der Waals surface area contributed by atoms with Crippen molar-refractivity contribution < 1.29 is 4.39 Å². The molecule has 2 aromatic rings. The molecule has 2 rings (SSSR count). The normalized spacial score (nSPS) is 10.1. The van der Waals surface area contributed by atoms with Crippen LogP contribution < -0.4 is 0 Å². The third-order valence-corrected chi connectivity index (χ3v) is 2.06. The van der Waals surface area contributed by atoms with Gasteiger partial charge in [-0.05, 0) is 35.9 Å². The van der Waals surface area contributed by atoms with E-state index in [0.29, 0.717) is 4.64 Å². The molecule has 0 saturated carbocycles. The molecule has 0 aliphatic rings. The van der Waals surface area contributed by atoms with Crippen LogP contribution in [0.2, 0.25) is 0 Å². The van der Waals surface area contributed by atoms with Gasteiger partial charge in [-0.2, -0.15) is 0 Å². The van der Waals surface area contributed by atoms with Crippen LogP contribution in [0.25, 0.3) is 11.3 Å². The predicted molar refractivity (Wildman–Crippen MR) is 54.8 cm³/mol. The van der Waals surface area contributed by atoms with Crippen molar-refractivity contribution in [3.05, 3.63) is 47.1 Å². The second-order valence-corrected chi connectivity index (χ2v) is 3.22. The van der Waals surface area contributed by atoms with Gasteiger partial charge in [0.2, 0.25) is 0 Å². The van der Waals surface area contributed by atoms with Crippen LogP contribution in [0, 0.1) is 10.5 Å². The summed E-state index contributed by atoms with van der Waals surface area (Å²) in [7, 11) is 0. The molecule has 0 saturated heterocycles. The van der Waals surface area contributed by atoms with Gasteiger partial charge in [0.25, 0.3) is 0 Å². The molecule has 1 heterocycles. The van der Waals surface area contributed by atoms with Gasteiger partial charge in [-0.15, -0.1) is 0 Å². The van der Waals surface area contributed by atoms with Crippen LogP contribution in [0.3, 0.4) is 0 Å². The van der Waals surface area contributed by atoms with E-state index < -0.39 is 0 Å². The highest BCUT2D eigenvalue weighted by atomic mass is 32.1. The summed E-state index contributed by atoms with van der Waals surface area (Å²) in [5.74, 6) is -0.249. The number of hydrogen-bond acceptors (Lipinski definition) is 2. The first-order valence-corrected chi connectivity index (χ1v) is 4.47. The van der Waals surface area contributed by atoms with Gasteiger partial charge >= 0.3 is 0 Å². The van der Waals surface area contributed by atoms with Crippen molar-refractivity contribution in [1.82, 2.24) is 9.97 Å². The lowest BCUT2D eigenvalue weighted by atomic mass is 10.1. The molecule has 70 valence electrons. The maximum atomic E-state index is 12.6. The molecule has 1 aromatic carbocycles. The summed E-state index contributed by atoms with van der Waals surface area (Å²) in [6.07, 6.45) is 1.53. The second-order valence-electron chi connectivity index (χ2n) is 2.81. The van der Waals surface area contributed by atoms with E-state index in [1.165, 1.54) is 18.5 Å². The molecular formula is C10H7FN2S. The standard InChI is InChI=1S/C10H7FN2S/c11-8-3-1-7(2-4-8)9-5-10(14)13-6-12-9/h1-6H,(H,12,13,14). The van der Waals surface area contributed by atoms with Crippen molar-refractivity contribution in [2.24, 2.45) is 0 Å². The molecule has 0 aliphatic heterocycles. The van der Waals surface area contributed by atoms with E-state index in [1.807, 2.05) is 0 Å². The van der Waals surface area contributed by atoms with Crippen molar-refractivity contribution in [2.75, 3.05) is 0 Å². The molecule has 0 bridgehead atoms. The molecule has 14 heavy (non-hydrogen) atoms. The minimum absolute atomic E-state index is 0.249. The SMILES string of the molecule is Fc1ccc(-c2cc(=S)nc[nH]2)cc1. The molecule has 1 aromatic heterocycles. The molecule has 0 atom stereocenters. The first-order valence-electron chi connectivity index (χ1n) is 4.06. The number of aromatic nitrogens is 2. The Morgan fingerprint density at radius 2 is 1.93 bits per heavy atom. The van der Waals surface area contributed by atoms with Gasteiger partial charge in [-0.25, -0.2) is 9.37 Å². The van der Waals surface area contributed by atoms with E-state index in [0.717, 1.165) is 11.3 Å². The lowest BCUT2D eigenvalue weighted by Gasteiger charge is -2.00. The van der Waals surface area contributed by atoms with E-state index in [2.05, 4.69) is 9.97 Å². The van der Waals surface area contributed by atoms with Crippen LogP contribution >= 0.6 is 12.2 Å². The van der Waals surface area contributed by atoms with Crippen LogP contribution in [0.1, 0.15) is 0 Å². The van der Waals surface area contributed by atoms with Crippen LogP contribution in [-0.4, -0.2) is 9.97 Å². The van der Waals surface area contributed by atoms with Gasteiger partial charge in [-0.1, -0.05) is 12.2 Å². The lowest BCUT2D eigenvalue weighted by Crippen LogP contribution is -1.85. The van der Waals surface area contributed by atoms with Gasteiger partial charge < -0.3 is 4.98 Å². The molecule has 4 heteroatoms. The molecule has 0 unspecified atom stereocenters. The van der Waals surface area contributed by atoms with Crippen LogP contribution in [0.5, 0.6) is 0 Å². The first-order chi connectivity index (χ1) is 6.75. The summed E-state index contributed by atoms with van der Waals surface area (Å²) < 4.78 is 13.2. The van der Waals surface area contributed by atoms with Crippen LogP contribution in [0.15, 0.2) is 36.7 Å². The van der Waals surface area contributed by atoms with Crippen LogP contribution in [-0.2, 0) is 0 Å². The number of H-pyrrole nitrogens is 1. The fraction of sp³-hybridized carbons (Fsp3) is 0. The first kappa shape index (κ1) is 9.02. The van der Waals surface area contributed by atoms with Crippen molar-refractivity contribution in [3.63, 3.8) is 0 Å².